The Morgan fingerprint density at radius 2 is 1.79 bits per heavy atom. The first kappa shape index (κ1) is 32.4. The van der Waals surface area contributed by atoms with Crippen molar-refractivity contribution in [2.24, 2.45) is 0 Å². The molecule has 0 bridgehead atoms. The molecule has 11 heteroatoms. The quantitative estimate of drug-likeness (QED) is 0.108. The van der Waals surface area contributed by atoms with Gasteiger partial charge in [0.15, 0.2) is 6.10 Å². The van der Waals surface area contributed by atoms with Crippen molar-refractivity contribution in [3.63, 3.8) is 0 Å². The van der Waals surface area contributed by atoms with E-state index in [4.69, 9.17) is 9.47 Å². The number of hydrogen-bond acceptors (Lipinski definition) is 7. The Morgan fingerprint density at radius 3 is 2.45 bits per heavy atom. The van der Waals surface area contributed by atoms with Crippen molar-refractivity contribution in [2.75, 3.05) is 37.4 Å². The second-order valence-corrected chi connectivity index (χ2v) is 10.7. The van der Waals surface area contributed by atoms with Gasteiger partial charge >= 0.3 is 12.0 Å². The molecule has 0 spiro atoms. The number of nitrogens with zero attached hydrogens (tertiary/aromatic N) is 2. The number of nitro benzene ring substituents is 1. The van der Waals surface area contributed by atoms with Crippen LogP contribution in [0, 0.1) is 17.0 Å². The Kier molecular flexibility index (Phi) is 13.1. The fourth-order valence-corrected chi connectivity index (χ4v) is 5.06. The van der Waals surface area contributed by atoms with Gasteiger partial charge in [-0.3, -0.25) is 10.1 Å². The smallest absolute Gasteiger partial charge is 0.333 e. The number of ether oxygens (including phenoxy) is 2. The molecule has 10 nitrogen and oxygen atoms in total. The second-order valence-electron chi connectivity index (χ2n) is 9.55. The summed E-state index contributed by atoms with van der Waals surface area (Å²) >= 11 is 1.79. The van der Waals surface area contributed by atoms with Crippen LogP contribution >= 0.6 is 11.8 Å². The average molecular weight is 596 g/mol. The SMILES string of the molecule is CCOC(Cc1ccc(OCCN(CCCSCc2ccccc2)C(=O)Nc2ccc(C)c([N+](=O)[O-])c2)cc1)C(=O)O. The highest BCUT2D eigenvalue weighted by atomic mass is 32.2. The van der Waals surface area contributed by atoms with E-state index < -0.39 is 17.0 Å². The third-order valence-corrected chi connectivity index (χ3v) is 7.51. The van der Waals surface area contributed by atoms with Crippen molar-refractivity contribution >= 4 is 35.1 Å². The maximum atomic E-state index is 13.2. The maximum absolute atomic E-state index is 13.2. The minimum Gasteiger partial charge on any atom is -0.492 e. The Morgan fingerprint density at radius 1 is 1.05 bits per heavy atom. The van der Waals surface area contributed by atoms with E-state index in [0.29, 0.717) is 36.7 Å². The molecule has 0 heterocycles. The molecule has 0 aliphatic carbocycles. The van der Waals surface area contributed by atoms with Crippen molar-refractivity contribution in [3.8, 4) is 5.75 Å². The zero-order valence-corrected chi connectivity index (χ0v) is 24.7. The van der Waals surface area contributed by atoms with Gasteiger partial charge in [-0.1, -0.05) is 48.5 Å². The van der Waals surface area contributed by atoms with Gasteiger partial charge in [0.05, 0.1) is 11.5 Å². The van der Waals surface area contributed by atoms with Crippen LogP contribution in [0.1, 0.15) is 30.0 Å². The zero-order valence-electron chi connectivity index (χ0n) is 23.9. The molecule has 3 aromatic carbocycles. The number of carbonyl (C=O) groups is 2. The Bertz CT molecular complexity index is 1310. The molecule has 0 radical (unpaired) electrons. The van der Waals surface area contributed by atoms with Gasteiger partial charge in [0.1, 0.15) is 12.4 Å². The van der Waals surface area contributed by atoms with Gasteiger partial charge in [0.25, 0.3) is 5.69 Å². The van der Waals surface area contributed by atoms with Crippen molar-refractivity contribution in [1.82, 2.24) is 4.90 Å². The van der Waals surface area contributed by atoms with Crippen LogP contribution in [-0.2, 0) is 21.7 Å². The summed E-state index contributed by atoms with van der Waals surface area (Å²) in [5, 5.41) is 23.4. The molecule has 3 aromatic rings. The summed E-state index contributed by atoms with van der Waals surface area (Å²) < 4.78 is 11.2. The summed E-state index contributed by atoms with van der Waals surface area (Å²) in [6.45, 7) is 4.73. The van der Waals surface area contributed by atoms with Crippen molar-refractivity contribution in [3.05, 3.63) is 99.6 Å². The van der Waals surface area contributed by atoms with Gasteiger partial charge in [-0.25, -0.2) is 9.59 Å². The summed E-state index contributed by atoms with van der Waals surface area (Å²) in [6, 6.07) is 21.5. The van der Waals surface area contributed by atoms with E-state index in [9.17, 15) is 24.8 Å². The number of urea groups is 1. The standard InChI is InChI=1S/C31H37N3O7S/c1-3-40-29(30(35)36)20-24-11-14-27(15-12-24)41-18-17-33(16-7-19-42-22-25-8-5-4-6-9-25)31(37)32-26-13-10-23(2)28(21-26)34(38)39/h4-6,8-15,21,29H,3,7,16-20,22H2,1-2H3,(H,32,37)(H,35,36). The predicted octanol–water partition coefficient (Wildman–Crippen LogP) is 6.17. The van der Waals surface area contributed by atoms with Crippen LogP contribution in [0.4, 0.5) is 16.2 Å². The summed E-state index contributed by atoms with van der Waals surface area (Å²) in [6.07, 6.45) is 0.101. The number of carboxylic acid groups (broad SMARTS) is 1. The lowest BCUT2D eigenvalue weighted by Crippen LogP contribution is -2.38. The molecule has 0 aromatic heterocycles. The topological polar surface area (TPSA) is 131 Å². The molecule has 0 aliphatic rings. The molecule has 2 N–H and O–H groups in total. The van der Waals surface area contributed by atoms with E-state index in [-0.39, 0.29) is 24.7 Å². The normalized spacial score (nSPS) is 11.5. The number of rotatable bonds is 17. The number of nitro groups is 1. The molecule has 1 atom stereocenters. The lowest BCUT2D eigenvalue weighted by molar-refractivity contribution is -0.385. The minimum atomic E-state index is -1.01. The van der Waals surface area contributed by atoms with Crippen LogP contribution in [0.3, 0.4) is 0 Å². The molecular formula is C31H37N3O7S. The summed E-state index contributed by atoms with van der Waals surface area (Å²) in [7, 11) is 0. The molecule has 0 saturated heterocycles. The maximum Gasteiger partial charge on any atom is 0.333 e. The largest absolute Gasteiger partial charge is 0.492 e. The number of amides is 2. The van der Waals surface area contributed by atoms with E-state index >= 15 is 0 Å². The third kappa shape index (κ3) is 10.7. The van der Waals surface area contributed by atoms with Gasteiger partial charge < -0.3 is 24.8 Å². The minimum absolute atomic E-state index is 0.0561. The van der Waals surface area contributed by atoms with Crippen LogP contribution in [0.15, 0.2) is 72.8 Å². The van der Waals surface area contributed by atoms with Crippen LogP contribution in [0.25, 0.3) is 0 Å². The van der Waals surface area contributed by atoms with Crippen LogP contribution in [0.5, 0.6) is 5.75 Å². The highest BCUT2D eigenvalue weighted by Crippen LogP contribution is 2.23. The van der Waals surface area contributed by atoms with Gasteiger partial charge in [-0.05, 0) is 55.3 Å². The number of aryl methyl sites for hydroxylation is 1. The summed E-state index contributed by atoms with van der Waals surface area (Å²) in [5.41, 5.74) is 2.86. The number of aliphatic carboxylic acids is 1. The van der Waals surface area contributed by atoms with Gasteiger partial charge in [-0.15, -0.1) is 0 Å². The predicted molar refractivity (Wildman–Crippen MR) is 164 cm³/mol. The van der Waals surface area contributed by atoms with E-state index in [1.54, 1.807) is 66.9 Å². The number of thioether (sulfide) groups is 1. The van der Waals surface area contributed by atoms with Gasteiger partial charge in [0.2, 0.25) is 0 Å². The first-order valence-electron chi connectivity index (χ1n) is 13.8. The number of anilines is 1. The van der Waals surface area contributed by atoms with Gasteiger partial charge in [-0.2, -0.15) is 11.8 Å². The average Bonchev–Trinajstić information content (AvgIpc) is 2.98. The Balaban J connectivity index is 1.57. The first-order chi connectivity index (χ1) is 20.3. The third-order valence-electron chi connectivity index (χ3n) is 6.39. The van der Waals surface area contributed by atoms with E-state index in [2.05, 4.69) is 17.4 Å². The molecule has 0 aliphatic heterocycles. The summed E-state index contributed by atoms with van der Waals surface area (Å²) in [5.74, 6) is 1.33. The fourth-order valence-electron chi connectivity index (χ4n) is 4.15. The highest BCUT2D eigenvalue weighted by Gasteiger charge is 2.19. The number of hydrogen-bond donors (Lipinski definition) is 2. The van der Waals surface area contributed by atoms with Crippen LogP contribution < -0.4 is 10.1 Å². The Labute approximate surface area is 250 Å². The number of benzene rings is 3. The zero-order chi connectivity index (χ0) is 30.3. The summed E-state index contributed by atoms with van der Waals surface area (Å²) in [4.78, 5) is 37.1. The molecule has 42 heavy (non-hydrogen) atoms. The number of carboxylic acids is 1. The van der Waals surface area contributed by atoms with Crippen molar-refractivity contribution in [2.45, 2.75) is 38.5 Å². The van der Waals surface area contributed by atoms with Crippen molar-refractivity contribution < 1.29 is 29.1 Å². The van der Waals surface area contributed by atoms with E-state index in [1.165, 1.54) is 11.6 Å². The van der Waals surface area contributed by atoms with E-state index in [1.807, 2.05) is 18.2 Å². The lowest BCUT2D eigenvalue weighted by atomic mass is 10.1. The molecule has 0 saturated carbocycles. The molecular weight excluding hydrogens is 558 g/mol. The molecule has 224 valence electrons. The van der Waals surface area contributed by atoms with Crippen LogP contribution in [-0.4, -0.2) is 65.1 Å². The van der Waals surface area contributed by atoms with Crippen LogP contribution in [0.2, 0.25) is 0 Å². The molecule has 1 unspecified atom stereocenters. The number of carbonyl (C=O) groups excluding carboxylic acids is 1. The van der Waals surface area contributed by atoms with Gasteiger partial charge in [0, 0.05) is 42.6 Å². The second kappa shape index (κ2) is 17.0. The molecule has 2 amide bonds. The molecule has 3 rings (SSSR count). The monoisotopic (exact) mass is 595 g/mol. The van der Waals surface area contributed by atoms with E-state index in [0.717, 1.165) is 23.5 Å². The fraction of sp³-hybridized carbons (Fsp3) is 0.355. The molecule has 0 fully saturated rings. The number of nitrogens with one attached hydrogen (secondary N) is 1. The Hall–Kier alpha value is -4.09. The first-order valence-corrected chi connectivity index (χ1v) is 14.9. The van der Waals surface area contributed by atoms with Crippen molar-refractivity contribution in [1.29, 1.82) is 0 Å². The highest BCUT2D eigenvalue weighted by molar-refractivity contribution is 7.98. The lowest BCUT2D eigenvalue weighted by Gasteiger charge is -2.23.